The molecule has 7 heteroatoms. The molecule has 1 aliphatic rings. The lowest BCUT2D eigenvalue weighted by molar-refractivity contribution is 0.0827. The van der Waals surface area contributed by atoms with Gasteiger partial charge in [-0.3, -0.25) is 4.79 Å². The van der Waals surface area contributed by atoms with Gasteiger partial charge in [-0.05, 0) is 44.7 Å². The van der Waals surface area contributed by atoms with Crippen molar-refractivity contribution in [1.29, 1.82) is 0 Å². The highest BCUT2D eigenvalue weighted by molar-refractivity contribution is 6.00. The Morgan fingerprint density at radius 1 is 1.48 bits per heavy atom. The third-order valence-electron chi connectivity index (χ3n) is 5.04. The Kier molecular flexibility index (Phi) is 4.77. The van der Waals surface area contributed by atoms with Gasteiger partial charge in [0.15, 0.2) is 0 Å². The van der Waals surface area contributed by atoms with Crippen molar-refractivity contribution in [3.05, 3.63) is 35.3 Å². The highest BCUT2D eigenvalue weighted by atomic mass is 19.3. The van der Waals surface area contributed by atoms with Gasteiger partial charge in [-0.2, -0.15) is 0 Å². The smallest absolute Gasteiger partial charge is 0.280 e. The van der Waals surface area contributed by atoms with Gasteiger partial charge in [-0.25, -0.2) is 13.8 Å². The van der Waals surface area contributed by atoms with Crippen molar-refractivity contribution in [2.24, 2.45) is 5.92 Å². The minimum atomic E-state index is -2.71. The van der Waals surface area contributed by atoms with Gasteiger partial charge in [0.2, 0.25) is 0 Å². The van der Waals surface area contributed by atoms with E-state index < -0.39 is 6.43 Å². The van der Waals surface area contributed by atoms with Gasteiger partial charge in [-0.15, -0.1) is 0 Å². The number of aromatic nitrogens is 2. The predicted octanol–water partition coefficient (Wildman–Crippen LogP) is 3.73. The molecule has 1 aliphatic carbocycles. The second-order valence-electron chi connectivity index (χ2n) is 7.13. The largest absolute Gasteiger partial charge is 0.378 e. The summed E-state index contributed by atoms with van der Waals surface area (Å²) in [6, 6.07) is 2.92. The van der Waals surface area contributed by atoms with Crippen molar-refractivity contribution in [2.75, 3.05) is 7.11 Å². The molecule has 0 radical (unpaired) electrons. The summed E-state index contributed by atoms with van der Waals surface area (Å²) in [5.41, 5.74) is 0.365. The van der Waals surface area contributed by atoms with Crippen LogP contribution in [0.3, 0.4) is 0 Å². The van der Waals surface area contributed by atoms with E-state index in [1.54, 1.807) is 16.7 Å². The first-order valence-electron chi connectivity index (χ1n) is 8.44. The minimum Gasteiger partial charge on any atom is -0.378 e. The standard InChI is InChI=1S/C18H23F2N3O2/c1-18(2,11-5-4-6-11)22-17(24)13-7-8-23-12(10-25-3)9-14(15(19)20)21-16(13)23/h7-9,11,15H,4-6,10H2,1-3H3,(H,22,24). The molecule has 2 aromatic rings. The van der Waals surface area contributed by atoms with Crippen LogP contribution >= 0.6 is 0 Å². The Morgan fingerprint density at radius 3 is 2.76 bits per heavy atom. The van der Waals surface area contributed by atoms with Crippen molar-refractivity contribution in [2.45, 2.75) is 51.7 Å². The molecule has 1 N–H and O–H groups in total. The van der Waals surface area contributed by atoms with E-state index in [4.69, 9.17) is 4.74 Å². The number of fused-ring (bicyclic) bond motifs is 1. The number of carbonyl (C=O) groups is 1. The fourth-order valence-electron chi connectivity index (χ4n) is 3.30. The molecule has 0 atom stereocenters. The molecule has 1 amide bonds. The number of hydrogen-bond donors (Lipinski definition) is 1. The van der Waals surface area contributed by atoms with Gasteiger partial charge < -0.3 is 14.5 Å². The normalized spacial score (nSPS) is 15.6. The van der Waals surface area contributed by atoms with Crippen LogP contribution in [-0.4, -0.2) is 27.9 Å². The van der Waals surface area contributed by atoms with Crippen LogP contribution < -0.4 is 5.32 Å². The lowest BCUT2D eigenvalue weighted by Gasteiger charge is -2.40. The van der Waals surface area contributed by atoms with Gasteiger partial charge >= 0.3 is 0 Å². The molecule has 0 aliphatic heterocycles. The highest BCUT2D eigenvalue weighted by Gasteiger charge is 2.35. The third kappa shape index (κ3) is 3.38. The molecule has 1 fully saturated rings. The number of halogens is 2. The van der Waals surface area contributed by atoms with Gasteiger partial charge in [-0.1, -0.05) is 6.42 Å². The molecule has 0 saturated heterocycles. The molecule has 1 saturated carbocycles. The molecular formula is C18H23F2N3O2. The number of amides is 1. The van der Waals surface area contributed by atoms with Crippen molar-refractivity contribution in [1.82, 2.24) is 14.7 Å². The second-order valence-corrected chi connectivity index (χ2v) is 7.13. The van der Waals surface area contributed by atoms with Crippen molar-refractivity contribution in [3.63, 3.8) is 0 Å². The average Bonchev–Trinajstić information content (AvgIpc) is 2.88. The zero-order chi connectivity index (χ0) is 18.2. The Labute approximate surface area is 145 Å². The van der Waals surface area contributed by atoms with Crippen LogP contribution in [0.15, 0.2) is 18.3 Å². The number of alkyl halides is 2. The lowest BCUT2D eigenvalue weighted by atomic mass is 9.72. The first-order valence-corrected chi connectivity index (χ1v) is 8.44. The van der Waals surface area contributed by atoms with Crippen LogP contribution in [0.5, 0.6) is 0 Å². The number of carbonyl (C=O) groups excluding carboxylic acids is 1. The summed E-state index contributed by atoms with van der Waals surface area (Å²) in [4.78, 5) is 16.8. The summed E-state index contributed by atoms with van der Waals surface area (Å²) >= 11 is 0. The molecule has 3 rings (SSSR count). The van der Waals surface area contributed by atoms with Crippen molar-refractivity contribution in [3.8, 4) is 0 Å². The molecule has 136 valence electrons. The van der Waals surface area contributed by atoms with Crippen LogP contribution in [0.2, 0.25) is 0 Å². The predicted molar refractivity (Wildman–Crippen MR) is 89.7 cm³/mol. The maximum absolute atomic E-state index is 13.2. The number of ether oxygens (including phenoxy) is 1. The summed E-state index contributed by atoms with van der Waals surface area (Å²) in [6.07, 6.45) is 2.32. The maximum atomic E-state index is 13.2. The summed E-state index contributed by atoms with van der Waals surface area (Å²) in [5.74, 6) is 0.153. The van der Waals surface area contributed by atoms with Crippen LogP contribution in [-0.2, 0) is 11.3 Å². The van der Waals surface area contributed by atoms with Gasteiger partial charge in [0, 0.05) is 18.8 Å². The number of rotatable bonds is 6. The number of methoxy groups -OCH3 is 1. The third-order valence-corrected chi connectivity index (χ3v) is 5.04. The molecule has 25 heavy (non-hydrogen) atoms. The summed E-state index contributed by atoms with van der Waals surface area (Å²) < 4.78 is 33.0. The van der Waals surface area contributed by atoms with E-state index in [9.17, 15) is 13.6 Å². The Bertz CT molecular complexity index is 782. The molecule has 2 heterocycles. The van der Waals surface area contributed by atoms with E-state index in [2.05, 4.69) is 10.3 Å². The summed E-state index contributed by atoms with van der Waals surface area (Å²) in [7, 11) is 1.49. The van der Waals surface area contributed by atoms with E-state index in [-0.39, 0.29) is 29.4 Å². The minimum absolute atomic E-state index is 0.155. The number of nitrogens with zero attached hydrogens (tertiary/aromatic N) is 2. The van der Waals surface area contributed by atoms with E-state index in [0.717, 1.165) is 12.8 Å². The SMILES string of the molecule is COCc1cc(C(F)F)nc2c(C(=O)NC(C)(C)C3CCC3)ccn12. The zero-order valence-electron chi connectivity index (χ0n) is 14.7. The van der Waals surface area contributed by atoms with Crippen LogP contribution in [0, 0.1) is 5.92 Å². The molecule has 0 spiro atoms. The quantitative estimate of drug-likeness (QED) is 0.863. The van der Waals surface area contributed by atoms with Crippen LogP contribution in [0.4, 0.5) is 8.78 Å². The van der Waals surface area contributed by atoms with Gasteiger partial charge in [0.25, 0.3) is 12.3 Å². The highest BCUT2D eigenvalue weighted by Crippen LogP contribution is 2.36. The summed E-state index contributed by atoms with van der Waals surface area (Å²) in [6.45, 7) is 4.16. The fourth-order valence-corrected chi connectivity index (χ4v) is 3.30. The van der Waals surface area contributed by atoms with Gasteiger partial charge in [0.1, 0.15) is 11.3 Å². The Balaban J connectivity index is 1.97. The molecule has 0 unspecified atom stereocenters. The average molecular weight is 351 g/mol. The second kappa shape index (κ2) is 6.71. The monoisotopic (exact) mass is 351 g/mol. The first-order chi connectivity index (χ1) is 11.8. The Hall–Kier alpha value is -2.02. The number of nitrogens with one attached hydrogen (secondary N) is 1. The van der Waals surface area contributed by atoms with E-state index in [1.807, 2.05) is 13.8 Å². The Morgan fingerprint density at radius 2 is 2.20 bits per heavy atom. The fraction of sp³-hybridized carbons (Fsp3) is 0.556. The molecule has 0 bridgehead atoms. The molecular weight excluding hydrogens is 328 g/mol. The van der Waals surface area contributed by atoms with Crippen LogP contribution in [0.1, 0.15) is 61.3 Å². The topological polar surface area (TPSA) is 55.6 Å². The molecule has 5 nitrogen and oxygen atoms in total. The number of hydrogen-bond acceptors (Lipinski definition) is 3. The first kappa shape index (κ1) is 17.8. The maximum Gasteiger partial charge on any atom is 0.280 e. The summed E-state index contributed by atoms with van der Waals surface area (Å²) in [5, 5.41) is 3.04. The molecule has 2 aromatic heterocycles. The van der Waals surface area contributed by atoms with Gasteiger partial charge in [0.05, 0.1) is 17.9 Å². The zero-order valence-corrected chi connectivity index (χ0v) is 14.7. The van der Waals surface area contributed by atoms with Crippen molar-refractivity contribution >= 4 is 11.6 Å². The van der Waals surface area contributed by atoms with E-state index in [0.29, 0.717) is 17.2 Å². The van der Waals surface area contributed by atoms with E-state index >= 15 is 0 Å². The van der Waals surface area contributed by atoms with Crippen molar-refractivity contribution < 1.29 is 18.3 Å². The van der Waals surface area contributed by atoms with Crippen LogP contribution in [0.25, 0.3) is 5.65 Å². The lowest BCUT2D eigenvalue weighted by Crippen LogP contribution is -2.51. The molecule has 0 aromatic carbocycles. The van der Waals surface area contributed by atoms with E-state index in [1.165, 1.54) is 19.6 Å².